The molecule has 0 aromatic carbocycles. The van der Waals surface area contributed by atoms with Gasteiger partial charge in [0, 0.05) is 0 Å². The van der Waals surface area contributed by atoms with Crippen LogP contribution in [0.25, 0.3) is 0 Å². The maximum atomic E-state index is 10.2. The number of aliphatic hydroxyl groups is 1. The van der Waals surface area contributed by atoms with E-state index >= 15 is 0 Å². The summed E-state index contributed by atoms with van der Waals surface area (Å²) in [5.41, 5.74) is 0. The molecule has 0 aromatic heterocycles. The number of hydrogen-bond donors (Lipinski definition) is 1. The Kier molecular flexibility index (Phi) is 4.15. The van der Waals surface area contributed by atoms with Gasteiger partial charge in [-0.05, 0) is 0 Å². The van der Waals surface area contributed by atoms with Crippen LogP contribution in [0.15, 0.2) is 0 Å². The molecule has 0 aromatic rings. The molecule has 0 rings (SSSR count). The van der Waals surface area contributed by atoms with Gasteiger partial charge in [-0.2, -0.15) is 0 Å². The molecule has 47 valence electrons. The van der Waals surface area contributed by atoms with Crippen molar-refractivity contribution >= 4 is 20.7 Å². The van der Waals surface area contributed by atoms with Gasteiger partial charge in [0.1, 0.15) is 0 Å². The normalized spacial score (nSPS) is 13.2. The molecule has 0 amide bonds. The molecule has 2 nitrogen and oxygen atoms in total. The summed E-state index contributed by atoms with van der Waals surface area (Å²) in [7, 11) is 0. The molecular formula is C5H9O2Se. The fraction of sp³-hybridized carbons (Fsp3) is 0.800. The average Bonchev–Trinajstić information content (AvgIpc) is 1.67. The predicted octanol–water partition coefficient (Wildman–Crippen LogP) is -0.158. The fourth-order valence-corrected chi connectivity index (χ4v) is 0.639. The van der Waals surface area contributed by atoms with Gasteiger partial charge in [0.2, 0.25) is 0 Å². The zero-order valence-corrected chi connectivity index (χ0v) is 6.47. The summed E-state index contributed by atoms with van der Waals surface area (Å²) in [6.45, 7) is 1.92. The maximum absolute atomic E-state index is 10.2. The van der Waals surface area contributed by atoms with E-state index in [-0.39, 0.29) is 4.68 Å². The number of rotatable bonds is 3. The monoisotopic (exact) mass is 181 g/mol. The Bertz CT molecular complexity index is 82.5. The summed E-state index contributed by atoms with van der Waals surface area (Å²) in [5.74, 6) is 0. The van der Waals surface area contributed by atoms with Gasteiger partial charge >= 0.3 is 56.5 Å². The van der Waals surface area contributed by atoms with E-state index in [1.165, 1.54) is 0 Å². The number of aliphatic hydroxyl groups excluding tert-OH is 1. The van der Waals surface area contributed by atoms with Crippen molar-refractivity contribution in [1.82, 2.24) is 0 Å². The molecule has 0 aliphatic rings. The molecule has 0 fully saturated rings. The van der Waals surface area contributed by atoms with Crippen LogP contribution in [0.4, 0.5) is 0 Å². The van der Waals surface area contributed by atoms with Crippen molar-refractivity contribution in [1.29, 1.82) is 0 Å². The van der Waals surface area contributed by atoms with E-state index in [0.29, 0.717) is 6.42 Å². The molecule has 8 heavy (non-hydrogen) atoms. The molecule has 1 atom stereocenters. The van der Waals surface area contributed by atoms with Crippen LogP contribution in [-0.4, -0.2) is 31.9 Å². The van der Waals surface area contributed by atoms with Gasteiger partial charge in [0.15, 0.2) is 0 Å². The molecule has 1 N–H and O–H groups in total. The second-order valence-electron chi connectivity index (χ2n) is 1.62. The van der Waals surface area contributed by atoms with Crippen molar-refractivity contribution in [3.63, 3.8) is 0 Å². The van der Waals surface area contributed by atoms with Crippen molar-refractivity contribution in [2.75, 3.05) is 0 Å². The van der Waals surface area contributed by atoms with E-state index < -0.39 is 6.10 Å². The van der Waals surface area contributed by atoms with Crippen LogP contribution in [0.1, 0.15) is 19.8 Å². The second kappa shape index (κ2) is 4.07. The van der Waals surface area contributed by atoms with Crippen molar-refractivity contribution < 1.29 is 9.90 Å². The van der Waals surface area contributed by atoms with Crippen LogP contribution in [-0.2, 0) is 4.79 Å². The summed E-state index contributed by atoms with van der Waals surface area (Å²) >= 11 is 2.24. The minimum atomic E-state index is -0.778. The van der Waals surface area contributed by atoms with Crippen LogP contribution in [0, 0.1) is 0 Å². The quantitative estimate of drug-likeness (QED) is 0.613. The van der Waals surface area contributed by atoms with Gasteiger partial charge in [-0.15, -0.1) is 0 Å². The van der Waals surface area contributed by atoms with Gasteiger partial charge in [-0.25, -0.2) is 0 Å². The van der Waals surface area contributed by atoms with Crippen molar-refractivity contribution in [2.45, 2.75) is 25.9 Å². The molecule has 0 spiro atoms. The Labute approximate surface area is 57.1 Å². The minimum absolute atomic E-state index is 0.258. The fourth-order valence-electron chi connectivity index (χ4n) is 0.391. The van der Waals surface area contributed by atoms with Crippen molar-refractivity contribution in [3.05, 3.63) is 0 Å². The second-order valence-corrected chi connectivity index (χ2v) is 2.47. The van der Waals surface area contributed by atoms with E-state index in [1.807, 2.05) is 6.92 Å². The first-order valence-electron chi connectivity index (χ1n) is 2.57. The average molecular weight is 180 g/mol. The Hall–Kier alpha value is 0.149. The zero-order valence-electron chi connectivity index (χ0n) is 4.76. The van der Waals surface area contributed by atoms with Gasteiger partial charge in [0.25, 0.3) is 0 Å². The third-order valence-electron chi connectivity index (χ3n) is 0.834. The molecule has 0 aliphatic carbocycles. The van der Waals surface area contributed by atoms with Crippen molar-refractivity contribution in [2.24, 2.45) is 0 Å². The van der Waals surface area contributed by atoms with Crippen molar-refractivity contribution in [3.8, 4) is 0 Å². The van der Waals surface area contributed by atoms with Crippen LogP contribution in [0.3, 0.4) is 0 Å². The predicted molar refractivity (Wildman–Crippen MR) is 31.7 cm³/mol. The molecular weight excluding hydrogens is 171 g/mol. The Morgan fingerprint density at radius 1 is 1.88 bits per heavy atom. The van der Waals surface area contributed by atoms with E-state index in [9.17, 15) is 4.79 Å². The van der Waals surface area contributed by atoms with Gasteiger partial charge in [-0.1, -0.05) is 0 Å². The first-order valence-corrected chi connectivity index (χ1v) is 3.43. The van der Waals surface area contributed by atoms with Crippen LogP contribution in [0.2, 0.25) is 0 Å². The van der Waals surface area contributed by atoms with Gasteiger partial charge in [-0.3, -0.25) is 0 Å². The molecule has 1 radical (unpaired) electrons. The van der Waals surface area contributed by atoms with E-state index in [1.54, 1.807) is 0 Å². The number of hydrogen-bond acceptors (Lipinski definition) is 2. The number of carbonyl (C=O) groups excluding carboxylic acids is 1. The molecule has 0 heterocycles. The molecule has 0 saturated heterocycles. The topological polar surface area (TPSA) is 37.3 Å². The Morgan fingerprint density at radius 2 is 2.38 bits per heavy atom. The molecule has 0 unspecified atom stereocenters. The molecule has 0 saturated carbocycles. The Morgan fingerprint density at radius 3 is 2.50 bits per heavy atom. The Balaban J connectivity index is 3.32. The number of carbonyl (C=O) groups is 1. The summed E-state index contributed by atoms with van der Waals surface area (Å²) in [6, 6.07) is 0. The third kappa shape index (κ3) is 3.19. The molecule has 0 aliphatic heterocycles. The van der Waals surface area contributed by atoms with Crippen LogP contribution in [0.5, 0.6) is 0 Å². The molecule has 0 bridgehead atoms. The first kappa shape index (κ1) is 8.15. The van der Waals surface area contributed by atoms with Gasteiger partial charge in [0.05, 0.1) is 0 Å². The summed E-state index contributed by atoms with van der Waals surface area (Å²) < 4.78 is -0.258. The van der Waals surface area contributed by atoms with Gasteiger partial charge < -0.3 is 0 Å². The van der Waals surface area contributed by atoms with E-state index in [0.717, 1.165) is 6.42 Å². The first-order chi connectivity index (χ1) is 3.68. The third-order valence-corrected chi connectivity index (χ3v) is 1.41. The molecule has 3 heteroatoms. The van der Waals surface area contributed by atoms with Crippen LogP contribution < -0.4 is 0 Å². The van der Waals surface area contributed by atoms with E-state index in [2.05, 4.69) is 16.0 Å². The summed E-state index contributed by atoms with van der Waals surface area (Å²) in [4.78, 5) is 10.2. The van der Waals surface area contributed by atoms with E-state index in [4.69, 9.17) is 5.11 Å². The summed E-state index contributed by atoms with van der Waals surface area (Å²) in [6.07, 6.45) is 0.625. The summed E-state index contributed by atoms with van der Waals surface area (Å²) in [5, 5.41) is 8.75. The van der Waals surface area contributed by atoms with Crippen LogP contribution >= 0.6 is 0 Å². The SMILES string of the molecule is CCC[C@@H](O)C(=O)[Se]. The standard InChI is InChI=1S/C5H9O2Se/c1-2-3-4(6)5(7)8/h4,6H,2-3H2,1H3/t4-/m1/s1. The zero-order chi connectivity index (χ0) is 6.57.